The van der Waals surface area contributed by atoms with Gasteiger partial charge in [0.1, 0.15) is 6.04 Å². The zero-order valence-electron chi connectivity index (χ0n) is 11.3. The zero-order chi connectivity index (χ0) is 14.4. The molecule has 1 amide bonds. The van der Waals surface area contributed by atoms with Crippen LogP contribution in [-0.4, -0.2) is 23.0 Å². The monoisotopic (exact) mass is 281 g/mol. The van der Waals surface area contributed by atoms with Crippen LogP contribution < -0.4 is 5.32 Å². The molecule has 0 aliphatic heterocycles. The molecular weight excluding hydrogens is 262 g/mol. The molecule has 4 nitrogen and oxygen atoms in total. The Kier molecular flexibility index (Phi) is 5.76. The molecule has 1 atom stereocenters. The molecule has 1 aromatic heterocycles. The number of hydrogen-bond acceptors (Lipinski definition) is 3. The predicted octanol–water partition coefficient (Wildman–Crippen LogP) is 2.69. The second-order valence-corrected chi connectivity index (χ2v) is 6.13. The van der Waals surface area contributed by atoms with E-state index in [1.807, 2.05) is 32.9 Å². The second kappa shape index (κ2) is 7.09. The van der Waals surface area contributed by atoms with Crippen molar-refractivity contribution in [1.82, 2.24) is 5.32 Å². The molecule has 19 heavy (non-hydrogen) atoms. The third-order valence-electron chi connectivity index (χ3n) is 2.48. The molecule has 5 heteroatoms. The van der Waals surface area contributed by atoms with Crippen LogP contribution in [-0.2, 0) is 9.59 Å². The number of hydrogen-bond donors (Lipinski definition) is 2. The van der Waals surface area contributed by atoms with Crippen molar-refractivity contribution < 1.29 is 14.7 Å². The molecule has 0 bridgehead atoms. The Labute approximate surface area is 117 Å². The fraction of sp³-hybridized carbons (Fsp3) is 0.429. The van der Waals surface area contributed by atoms with Gasteiger partial charge in [0.05, 0.1) is 0 Å². The molecule has 0 unspecified atom stereocenters. The predicted molar refractivity (Wildman–Crippen MR) is 77.1 cm³/mol. The topological polar surface area (TPSA) is 66.4 Å². The molecule has 1 heterocycles. The first-order valence-electron chi connectivity index (χ1n) is 6.16. The van der Waals surface area contributed by atoms with Crippen molar-refractivity contribution in [2.45, 2.75) is 33.2 Å². The maximum Gasteiger partial charge on any atom is 0.326 e. The van der Waals surface area contributed by atoms with Gasteiger partial charge in [0, 0.05) is 15.8 Å². The number of rotatable bonds is 6. The average Bonchev–Trinajstić information content (AvgIpc) is 2.71. The van der Waals surface area contributed by atoms with E-state index < -0.39 is 12.0 Å². The average molecular weight is 281 g/mol. The van der Waals surface area contributed by atoms with Gasteiger partial charge in [-0.05, 0) is 37.5 Å². The summed E-state index contributed by atoms with van der Waals surface area (Å²) in [5, 5.41) is 11.5. The summed E-state index contributed by atoms with van der Waals surface area (Å²) in [6.45, 7) is 5.84. The summed E-state index contributed by atoms with van der Waals surface area (Å²) in [6, 6.07) is 3.07. The highest BCUT2D eigenvalue weighted by atomic mass is 32.1. The Morgan fingerprint density at radius 1 is 1.42 bits per heavy atom. The lowest BCUT2D eigenvalue weighted by molar-refractivity contribution is -0.141. The molecule has 0 saturated heterocycles. The van der Waals surface area contributed by atoms with Crippen LogP contribution in [0, 0.1) is 12.8 Å². The fourth-order valence-corrected chi connectivity index (χ4v) is 2.39. The Morgan fingerprint density at radius 3 is 2.58 bits per heavy atom. The van der Waals surface area contributed by atoms with Gasteiger partial charge in [-0.15, -0.1) is 11.3 Å². The minimum absolute atomic E-state index is 0.213. The summed E-state index contributed by atoms with van der Waals surface area (Å²) in [4.78, 5) is 24.8. The summed E-state index contributed by atoms with van der Waals surface area (Å²) < 4.78 is 0. The van der Waals surface area contributed by atoms with E-state index in [2.05, 4.69) is 5.32 Å². The molecule has 0 saturated carbocycles. The highest BCUT2D eigenvalue weighted by Crippen LogP contribution is 2.16. The number of carbonyl (C=O) groups excluding carboxylic acids is 1. The molecular formula is C14H19NO3S. The van der Waals surface area contributed by atoms with Gasteiger partial charge in [0.15, 0.2) is 0 Å². The second-order valence-electron chi connectivity index (χ2n) is 4.81. The number of carboxylic acids is 1. The number of aryl methyl sites for hydroxylation is 1. The third-order valence-corrected chi connectivity index (χ3v) is 3.45. The van der Waals surface area contributed by atoms with Crippen LogP contribution in [0.15, 0.2) is 18.2 Å². The third kappa shape index (κ3) is 5.70. The molecule has 2 N–H and O–H groups in total. The Hall–Kier alpha value is -1.62. The smallest absolute Gasteiger partial charge is 0.326 e. The summed E-state index contributed by atoms with van der Waals surface area (Å²) in [7, 11) is 0. The number of aliphatic carboxylic acids is 1. The first-order valence-corrected chi connectivity index (χ1v) is 6.98. The van der Waals surface area contributed by atoms with Crippen molar-refractivity contribution in [3.63, 3.8) is 0 Å². The van der Waals surface area contributed by atoms with Gasteiger partial charge in [0.2, 0.25) is 5.91 Å². The lowest BCUT2D eigenvalue weighted by Crippen LogP contribution is -2.40. The molecule has 1 rings (SSSR count). The van der Waals surface area contributed by atoms with Crippen molar-refractivity contribution in [2.75, 3.05) is 0 Å². The molecule has 0 spiro atoms. The summed E-state index contributed by atoms with van der Waals surface area (Å²) in [5.41, 5.74) is 0. The van der Waals surface area contributed by atoms with Crippen LogP contribution in [0.1, 0.15) is 30.0 Å². The van der Waals surface area contributed by atoms with Gasteiger partial charge >= 0.3 is 5.97 Å². The molecule has 0 radical (unpaired) electrons. The highest BCUT2D eigenvalue weighted by molar-refractivity contribution is 7.12. The Morgan fingerprint density at radius 2 is 2.11 bits per heavy atom. The van der Waals surface area contributed by atoms with E-state index in [1.165, 1.54) is 11.0 Å². The van der Waals surface area contributed by atoms with Crippen molar-refractivity contribution in [2.24, 2.45) is 5.92 Å². The number of carboxylic acid groups (broad SMARTS) is 1. The van der Waals surface area contributed by atoms with Crippen LogP contribution in [0.3, 0.4) is 0 Å². The van der Waals surface area contributed by atoms with Crippen LogP contribution >= 0.6 is 11.3 Å². The van der Waals surface area contributed by atoms with E-state index in [4.69, 9.17) is 5.11 Å². The summed E-state index contributed by atoms with van der Waals surface area (Å²) >= 11 is 1.58. The van der Waals surface area contributed by atoms with Gasteiger partial charge in [-0.3, -0.25) is 4.79 Å². The van der Waals surface area contributed by atoms with E-state index in [0.717, 1.165) is 4.88 Å². The van der Waals surface area contributed by atoms with Crippen molar-refractivity contribution in [3.05, 3.63) is 28.0 Å². The van der Waals surface area contributed by atoms with Crippen molar-refractivity contribution in [3.8, 4) is 0 Å². The molecule has 0 fully saturated rings. The normalized spacial score (nSPS) is 12.8. The number of carbonyl (C=O) groups is 2. The van der Waals surface area contributed by atoms with Gasteiger partial charge in [0.25, 0.3) is 0 Å². The molecule has 0 aliphatic rings. The molecule has 0 aliphatic carbocycles. The first-order chi connectivity index (χ1) is 8.88. The van der Waals surface area contributed by atoms with Crippen molar-refractivity contribution in [1.29, 1.82) is 0 Å². The maximum absolute atomic E-state index is 11.7. The quantitative estimate of drug-likeness (QED) is 0.788. The SMILES string of the molecule is Cc1ccc(C=CC(=O)N[C@H](CC(C)C)C(=O)O)s1. The van der Waals surface area contributed by atoms with Crippen LogP contribution in [0.4, 0.5) is 0 Å². The Bertz CT molecular complexity index is 477. The minimum atomic E-state index is -0.998. The lowest BCUT2D eigenvalue weighted by Gasteiger charge is -2.15. The van der Waals surface area contributed by atoms with Crippen LogP contribution in [0.25, 0.3) is 6.08 Å². The molecule has 0 aromatic carbocycles. The summed E-state index contributed by atoms with van der Waals surface area (Å²) in [5.74, 6) is -1.16. The van der Waals surface area contributed by atoms with Crippen LogP contribution in [0.5, 0.6) is 0 Å². The van der Waals surface area contributed by atoms with Gasteiger partial charge in [-0.25, -0.2) is 4.79 Å². The van der Waals surface area contributed by atoms with Crippen molar-refractivity contribution >= 4 is 29.3 Å². The zero-order valence-corrected chi connectivity index (χ0v) is 12.2. The fourth-order valence-electron chi connectivity index (χ4n) is 1.61. The number of amides is 1. The van der Waals surface area contributed by atoms with Gasteiger partial charge < -0.3 is 10.4 Å². The van der Waals surface area contributed by atoms with E-state index in [-0.39, 0.29) is 11.8 Å². The maximum atomic E-state index is 11.7. The Balaban J connectivity index is 2.57. The first kappa shape index (κ1) is 15.4. The van der Waals surface area contributed by atoms with Gasteiger partial charge in [-0.2, -0.15) is 0 Å². The van der Waals surface area contributed by atoms with E-state index >= 15 is 0 Å². The number of thiophene rings is 1. The lowest BCUT2D eigenvalue weighted by atomic mass is 10.0. The van der Waals surface area contributed by atoms with E-state index in [1.54, 1.807) is 17.4 Å². The van der Waals surface area contributed by atoms with Gasteiger partial charge in [-0.1, -0.05) is 13.8 Å². The standard InChI is InChI=1S/C14H19NO3S/c1-9(2)8-12(14(17)18)15-13(16)7-6-11-5-4-10(3)19-11/h4-7,9,12H,8H2,1-3H3,(H,15,16)(H,17,18)/t12-/m1/s1. The largest absolute Gasteiger partial charge is 0.480 e. The van der Waals surface area contributed by atoms with Crippen LogP contribution in [0.2, 0.25) is 0 Å². The number of nitrogens with one attached hydrogen (secondary N) is 1. The summed E-state index contributed by atoms with van der Waals surface area (Å²) in [6.07, 6.45) is 3.50. The molecule has 104 valence electrons. The highest BCUT2D eigenvalue weighted by Gasteiger charge is 2.19. The minimum Gasteiger partial charge on any atom is -0.480 e. The van der Waals surface area contributed by atoms with E-state index in [0.29, 0.717) is 6.42 Å². The van der Waals surface area contributed by atoms with E-state index in [9.17, 15) is 9.59 Å². The molecule has 1 aromatic rings.